The quantitative estimate of drug-likeness (QED) is 0.0717. The molecule has 14 nitrogen and oxygen atoms in total. The van der Waals surface area contributed by atoms with Crippen LogP contribution in [0, 0.1) is 21.4 Å². The molecular weight excluding hydrogens is 827 g/mol. The maximum Gasteiger partial charge on any atom is 0.293 e. The lowest BCUT2D eigenvalue weighted by atomic mass is 9.72. The van der Waals surface area contributed by atoms with Crippen molar-refractivity contribution in [3.05, 3.63) is 104 Å². The third-order valence-corrected chi connectivity index (χ3v) is 14.5. The molecule has 5 aromatic rings. The predicted molar refractivity (Wildman–Crippen MR) is 244 cm³/mol. The van der Waals surface area contributed by atoms with E-state index in [4.69, 9.17) is 9.47 Å². The third-order valence-electron chi connectivity index (χ3n) is 12.4. The van der Waals surface area contributed by atoms with E-state index in [0.29, 0.717) is 37.1 Å². The molecule has 2 aliphatic heterocycles. The average molecular weight is 882 g/mol. The van der Waals surface area contributed by atoms with Crippen molar-refractivity contribution in [1.29, 1.82) is 0 Å². The van der Waals surface area contributed by atoms with Crippen molar-refractivity contribution in [2.45, 2.75) is 70.6 Å². The Morgan fingerprint density at radius 3 is 2.63 bits per heavy atom. The maximum absolute atomic E-state index is 13.9. The molecule has 16 heteroatoms. The molecule has 0 saturated carbocycles. The Morgan fingerprint density at radius 1 is 1.08 bits per heavy atom. The summed E-state index contributed by atoms with van der Waals surface area (Å²) in [7, 11) is -4.55. The molecule has 0 atom stereocenters. The zero-order chi connectivity index (χ0) is 43.6. The lowest BCUT2D eigenvalue weighted by molar-refractivity contribution is -0.384. The fraction of sp³-hybridized carbons (Fsp3) is 0.435. The summed E-state index contributed by atoms with van der Waals surface area (Å²) in [5, 5.41) is 20.6. The number of carbonyl (C=O) groups is 1. The molecule has 62 heavy (non-hydrogen) atoms. The number of hydrogen-bond donors (Lipinski definition) is 3. The molecule has 1 aliphatic carbocycles. The zero-order valence-corrected chi connectivity index (χ0v) is 37.4. The molecule has 3 aromatic heterocycles. The number of aromatic nitrogens is 2. The predicted octanol–water partition coefficient (Wildman–Crippen LogP) is 9.19. The van der Waals surface area contributed by atoms with Crippen molar-refractivity contribution in [2.24, 2.45) is 11.3 Å². The number of rotatable bonds is 14. The number of piperazine rings is 1. The molecule has 0 bridgehead atoms. The van der Waals surface area contributed by atoms with Crippen molar-refractivity contribution in [3.63, 3.8) is 0 Å². The molecule has 5 heterocycles. The first kappa shape index (κ1) is 43.4. The van der Waals surface area contributed by atoms with Crippen LogP contribution in [0.15, 0.2) is 82.2 Å². The summed E-state index contributed by atoms with van der Waals surface area (Å²) in [5.41, 5.74) is 7.45. The van der Waals surface area contributed by atoms with Crippen LogP contribution >= 0.6 is 11.3 Å². The maximum atomic E-state index is 13.9. The highest BCUT2D eigenvalue weighted by atomic mass is 32.2. The van der Waals surface area contributed by atoms with E-state index < -0.39 is 31.4 Å². The van der Waals surface area contributed by atoms with E-state index >= 15 is 0 Å². The summed E-state index contributed by atoms with van der Waals surface area (Å²) in [6.07, 6.45) is 8.30. The Bertz CT molecular complexity index is 2590. The number of nitro benzene ring substituents is 1. The summed E-state index contributed by atoms with van der Waals surface area (Å²) < 4.78 is 41.3. The van der Waals surface area contributed by atoms with Crippen LogP contribution in [0.1, 0.15) is 87.2 Å². The first-order chi connectivity index (χ1) is 29.7. The summed E-state index contributed by atoms with van der Waals surface area (Å²) >= 11 is 1.80. The van der Waals surface area contributed by atoms with Gasteiger partial charge in [0, 0.05) is 81.9 Å². The number of sulfonamides is 1. The van der Waals surface area contributed by atoms with Gasteiger partial charge in [0.1, 0.15) is 22.8 Å². The number of fused-ring (bicyclic) bond motifs is 1. The molecule has 0 unspecified atom stereocenters. The fourth-order valence-electron chi connectivity index (χ4n) is 8.73. The largest absolute Gasteiger partial charge is 0.455 e. The highest BCUT2D eigenvalue weighted by molar-refractivity contribution is 7.90. The molecule has 3 N–H and O–H groups in total. The lowest BCUT2D eigenvalue weighted by Gasteiger charge is -2.39. The van der Waals surface area contributed by atoms with Gasteiger partial charge in [-0.25, -0.2) is 18.1 Å². The number of benzene rings is 2. The number of anilines is 2. The SMILES string of the molecule is CC(C)c1cscc1C1=C(CN2CCN(c3ccc(C(=O)NS(=O)(=O)c4ccc(NCC5CCOCC5)c([N+](=O)[O-])c4)c(Oc4cnc5[nH]ccc5c4)c3)CC2)CCC(C)(C)C1. The number of amides is 1. The molecule has 1 amide bonds. The molecule has 8 rings (SSSR count). The van der Waals surface area contributed by atoms with E-state index in [1.165, 1.54) is 41.5 Å². The Kier molecular flexibility index (Phi) is 12.7. The van der Waals surface area contributed by atoms with Crippen LogP contribution in [0.5, 0.6) is 11.5 Å². The average Bonchev–Trinajstić information content (AvgIpc) is 3.94. The van der Waals surface area contributed by atoms with Crippen LogP contribution in [-0.4, -0.2) is 86.6 Å². The molecular formula is C46H55N7O7S2. The molecule has 2 saturated heterocycles. The lowest BCUT2D eigenvalue weighted by Crippen LogP contribution is -2.47. The number of carbonyl (C=O) groups excluding carboxylic acids is 1. The van der Waals surface area contributed by atoms with Gasteiger partial charge < -0.3 is 24.7 Å². The number of thiophene rings is 1. The number of ether oxygens (including phenoxy) is 2. The van der Waals surface area contributed by atoms with Crippen molar-refractivity contribution in [2.75, 3.05) is 62.7 Å². The number of hydrogen-bond acceptors (Lipinski definition) is 12. The number of nitro groups is 1. The summed E-state index contributed by atoms with van der Waals surface area (Å²) in [6.45, 7) is 15.2. The number of nitrogens with zero attached hydrogens (tertiary/aromatic N) is 4. The van der Waals surface area contributed by atoms with Crippen LogP contribution < -0.4 is 19.7 Å². The Morgan fingerprint density at radius 2 is 1.87 bits per heavy atom. The highest BCUT2D eigenvalue weighted by Gasteiger charge is 2.32. The van der Waals surface area contributed by atoms with Crippen LogP contribution in [0.2, 0.25) is 0 Å². The minimum atomic E-state index is -4.55. The molecule has 2 aromatic carbocycles. The van der Waals surface area contributed by atoms with Gasteiger partial charge in [-0.15, -0.1) is 0 Å². The van der Waals surface area contributed by atoms with Gasteiger partial charge in [-0.1, -0.05) is 33.3 Å². The van der Waals surface area contributed by atoms with Gasteiger partial charge in [-0.2, -0.15) is 11.3 Å². The standard InChI is InChI=1S/C46H55N7O7S2/c1-30(2)39-28-61-29-40(39)38-24-46(3,4)13-9-33(38)27-51-15-17-52(18-16-51)34-5-7-37(43(22-34)60-35-21-32-10-14-47-44(32)49-26-35)45(54)50-62(57,58)36-6-8-41(42(23-36)53(55)56)48-25-31-11-19-59-20-12-31/h5-8,10,14,21-23,26,28-31,48H,9,11-13,15-20,24-25,27H2,1-4H3,(H,47,49)(H,50,54). The van der Waals surface area contributed by atoms with Gasteiger partial charge in [-0.05, 0) is 113 Å². The van der Waals surface area contributed by atoms with E-state index in [9.17, 15) is 23.3 Å². The van der Waals surface area contributed by atoms with Gasteiger partial charge in [0.05, 0.1) is 21.6 Å². The Labute approximate surface area is 366 Å². The Balaban J connectivity index is 1.01. The van der Waals surface area contributed by atoms with Crippen molar-refractivity contribution >= 4 is 60.9 Å². The topological polar surface area (TPSA) is 172 Å². The van der Waals surface area contributed by atoms with E-state index in [2.05, 4.69) is 68.3 Å². The van der Waals surface area contributed by atoms with Crippen LogP contribution in [0.3, 0.4) is 0 Å². The monoisotopic (exact) mass is 881 g/mol. The smallest absolute Gasteiger partial charge is 0.293 e. The molecule has 0 spiro atoms. The zero-order valence-electron chi connectivity index (χ0n) is 35.7. The number of H-pyrrole nitrogens is 1. The van der Waals surface area contributed by atoms with Crippen molar-refractivity contribution in [3.8, 4) is 11.5 Å². The second-order valence-electron chi connectivity index (χ2n) is 17.8. The number of nitrogens with one attached hydrogen (secondary N) is 3. The summed E-state index contributed by atoms with van der Waals surface area (Å²) in [6, 6.07) is 12.3. The summed E-state index contributed by atoms with van der Waals surface area (Å²) in [4.78, 5) is 37.3. The minimum Gasteiger partial charge on any atom is -0.455 e. The van der Waals surface area contributed by atoms with Crippen molar-refractivity contribution in [1.82, 2.24) is 19.6 Å². The number of pyridine rings is 1. The van der Waals surface area contributed by atoms with Gasteiger partial charge in [0.15, 0.2) is 0 Å². The normalized spacial score (nSPS) is 17.7. The Hall–Kier alpha value is -5.29. The van der Waals surface area contributed by atoms with E-state index in [-0.39, 0.29) is 28.3 Å². The van der Waals surface area contributed by atoms with E-state index in [1.807, 2.05) is 6.07 Å². The fourth-order valence-corrected chi connectivity index (χ4v) is 10.7. The second-order valence-corrected chi connectivity index (χ2v) is 20.2. The molecule has 3 aliphatic rings. The van der Waals surface area contributed by atoms with E-state index in [1.54, 1.807) is 47.4 Å². The number of aromatic amines is 1. The van der Waals surface area contributed by atoms with Gasteiger partial charge in [0.25, 0.3) is 21.6 Å². The molecule has 328 valence electrons. The first-order valence-electron chi connectivity index (χ1n) is 21.4. The minimum absolute atomic E-state index is 0.0248. The summed E-state index contributed by atoms with van der Waals surface area (Å²) in [5.74, 6) is 0.312. The molecule has 0 radical (unpaired) electrons. The van der Waals surface area contributed by atoms with Crippen LogP contribution in [0.25, 0.3) is 16.6 Å². The first-order valence-corrected chi connectivity index (χ1v) is 23.8. The molecule has 2 fully saturated rings. The second kappa shape index (κ2) is 18.2. The van der Waals surface area contributed by atoms with Crippen molar-refractivity contribution < 1.29 is 27.6 Å². The van der Waals surface area contributed by atoms with Gasteiger partial charge >= 0.3 is 0 Å². The number of allylic oxidation sites excluding steroid dienone is 1. The highest BCUT2D eigenvalue weighted by Crippen LogP contribution is 2.46. The van der Waals surface area contributed by atoms with Crippen LogP contribution in [-0.2, 0) is 14.8 Å². The van der Waals surface area contributed by atoms with Gasteiger partial charge in [0.2, 0.25) is 0 Å². The third kappa shape index (κ3) is 9.83. The van der Waals surface area contributed by atoms with Crippen LogP contribution in [0.4, 0.5) is 17.1 Å². The van der Waals surface area contributed by atoms with E-state index in [0.717, 1.165) is 75.5 Å². The van der Waals surface area contributed by atoms with Gasteiger partial charge in [-0.3, -0.25) is 19.8 Å².